The molecule has 0 atom stereocenters. The fraction of sp³-hybridized carbons (Fsp3) is 0.409. The lowest BCUT2D eigenvalue weighted by atomic mass is 10.0. The molecule has 0 unspecified atom stereocenters. The quantitative estimate of drug-likeness (QED) is 0.796. The molecule has 0 aliphatic carbocycles. The lowest BCUT2D eigenvalue weighted by Gasteiger charge is -2.30. The number of carbonyl (C=O) groups excluding carboxylic acids is 1. The molecule has 4 rings (SSSR count). The third-order valence-corrected chi connectivity index (χ3v) is 5.32. The van der Waals surface area contributed by atoms with Gasteiger partial charge in [-0.25, -0.2) is 0 Å². The molecular weight excluding hydrogens is 356 g/mol. The zero-order chi connectivity index (χ0) is 19.3. The summed E-state index contributed by atoms with van der Waals surface area (Å²) in [7, 11) is 1.66. The van der Waals surface area contributed by atoms with Crippen molar-refractivity contribution in [1.29, 1.82) is 0 Å². The van der Waals surface area contributed by atoms with Gasteiger partial charge in [0.05, 0.1) is 26.9 Å². The minimum absolute atomic E-state index is 0.0178. The van der Waals surface area contributed by atoms with Gasteiger partial charge in [0.15, 0.2) is 0 Å². The number of benzene rings is 2. The summed E-state index contributed by atoms with van der Waals surface area (Å²) in [6.07, 6.45) is 0. The van der Waals surface area contributed by atoms with Crippen LogP contribution in [0.1, 0.15) is 5.56 Å². The molecule has 6 nitrogen and oxygen atoms in total. The molecule has 28 heavy (non-hydrogen) atoms. The molecule has 1 fully saturated rings. The molecule has 6 heteroatoms. The van der Waals surface area contributed by atoms with Crippen molar-refractivity contribution in [2.45, 2.75) is 6.61 Å². The summed E-state index contributed by atoms with van der Waals surface area (Å²) in [5.41, 5.74) is 4.21. The van der Waals surface area contributed by atoms with E-state index in [1.54, 1.807) is 7.11 Å². The van der Waals surface area contributed by atoms with Crippen LogP contribution in [0.25, 0.3) is 11.1 Å². The molecule has 0 aromatic heterocycles. The molecule has 0 N–H and O–H groups in total. The van der Waals surface area contributed by atoms with Crippen molar-refractivity contribution < 1.29 is 19.0 Å². The van der Waals surface area contributed by atoms with Crippen LogP contribution in [-0.4, -0.2) is 63.9 Å². The predicted octanol–water partition coefficient (Wildman–Crippen LogP) is 2.56. The molecule has 0 radical (unpaired) electrons. The molecule has 0 spiro atoms. The van der Waals surface area contributed by atoms with Crippen LogP contribution in [0.3, 0.4) is 0 Å². The van der Waals surface area contributed by atoms with E-state index in [9.17, 15) is 4.79 Å². The maximum absolute atomic E-state index is 12.6. The highest BCUT2D eigenvalue weighted by molar-refractivity contribution is 5.96. The largest absolute Gasteiger partial charge is 0.497 e. The van der Waals surface area contributed by atoms with E-state index < -0.39 is 0 Å². The third kappa shape index (κ3) is 4.19. The molecular formula is C22H26N2O4. The topological polar surface area (TPSA) is 51.2 Å². The summed E-state index contributed by atoms with van der Waals surface area (Å²) < 4.78 is 16.3. The molecule has 1 amide bonds. The van der Waals surface area contributed by atoms with Gasteiger partial charge < -0.3 is 19.1 Å². The van der Waals surface area contributed by atoms with Gasteiger partial charge in [-0.05, 0) is 35.4 Å². The van der Waals surface area contributed by atoms with E-state index in [0.717, 1.165) is 61.0 Å². The van der Waals surface area contributed by atoms with Gasteiger partial charge in [0.1, 0.15) is 12.4 Å². The van der Waals surface area contributed by atoms with E-state index in [2.05, 4.69) is 17.0 Å². The molecule has 2 heterocycles. The summed E-state index contributed by atoms with van der Waals surface area (Å²) in [5, 5.41) is 0. The minimum atomic E-state index is 0.0178. The highest BCUT2D eigenvalue weighted by Crippen LogP contribution is 2.31. The van der Waals surface area contributed by atoms with Crippen LogP contribution in [-0.2, 0) is 20.9 Å². The fourth-order valence-corrected chi connectivity index (χ4v) is 3.70. The normalized spacial score (nSPS) is 17.9. The SMILES string of the molecule is COc1ccc(-c2ccc3c(c2)COCC(=O)N3CCN2CCOCC2)cc1. The van der Waals surface area contributed by atoms with Gasteiger partial charge in [-0.15, -0.1) is 0 Å². The monoisotopic (exact) mass is 382 g/mol. The second kappa shape index (κ2) is 8.73. The molecule has 2 aliphatic heterocycles. The van der Waals surface area contributed by atoms with E-state index in [4.69, 9.17) is 14.2 Å². The number of methoxy groups -OCH3 is 1. The number of carbonyl (C=O) groups is 1. The van der Waals surface area contributed by atoms with Crippen molar-refractivity contribution in [3.05, 3.63) is 48.0 Å². The summed E-state index contributed by atoms with van der Waals surface area (Å²) in [4.78, 5) is 16.8. The highest BCUT2D eigenvalue weighted by atomic mass is 16.5. The van der Waals surface area contributed by atoms with Crippen LogP contribution < -0.4 is 9.64 Å². The number of hydrogen-bond acceptors (Lipinski definition) is 5. The van der Waals surface area contributed by atoms with Crippen LogP contribution in [0.2, 0.25) is 0 Å². The van der Waals surface area contributed by atoms with Crippen LogP contribution in [0, 0.1) is 0 Å². The van der Waals surface area contributed by atoms with Gasteiger partial charge in [0.25, 0.3) is 5.91 Å². The van der Waals surface area contributed by atoms with Crippen molar-refractivity contribution in [3.63, 3.8) is 0 Å². The number of nitrogens with zero attached hydrogens (tertiary/aromatic N) is 2. The number of fused-ring (bicyclic) bond motifs is 1. The number of morpholine rings is 1. The van der Waals surface area contributed by atoms with E-state index >= 15 is 0 Å². The number of amides is 1. The van der Waals surface area contributed by atoms with Crippen molar-refractivity contribution in [2.75, 3.05) is 58.0 Å². The lowest BCUT2D eigenvalue weighted by Crippen LogP contribution is -2.43. The van der Waals surface area contributed by atoms with Gasteiger partial charge in [-0.1, -0.05) is 18.2 Å². The van der Waals surface area contributed by atoms with Crippen molar-refractivity contribution >= 4 is 11.6 Å². The van der Waals surface area contributed by atoms with Gasteiger partial charge in [0, 0.05) is 37.4 Å². The molecule has 2 aromatic rings. The Balaban J connectivity index is 1.55. The number of rotatable bonds is 5. The number of anilines is 1. The first-order chi connectivity index (χ1) is 13.7. The summed E-state index contributed by atoms with van der Waals surface area (Å²) in [5.74, 6) is 0.853. The fourth-order valence-electron chi connectivity index (χ4n) is 3.70. The molecule has 0 saturated carbocycles. The molecule has 0 bridgehead atoms. The third-order valence-electron chi connectivity index (χ3n) is 5.32. The van der Waals surface area contributed by atoms with Crippen LogP contribution in [0.15, 0.2) is 42.5 Å². The highest BCUT2D eigenvalue weighted by Gasteiger charge is 2.24. The summed E-state index contributed by atoms with van der Waals surface area (Å²) in [6.45, 7) is 5.43. The van der Waals surface area contributed by atoms with Crippen molar-refractivity contribution in [3.8, 4) is 16.9 Å². The Morgan fingerprint density at radius 2 is 1.68 bits per heavy atom. The average Bonchev–Trinajstić information content (AvgIpc) is 2.90. The first-order valence-electron chi connectivity index (χ1n) is 9.70. The van der Waals surface area contributed by atoms with Crippen molar-refractivity contribution in [1.82, 2.24) is 4.90 Å². The zero-order valence-electron chi connectivity index (χ0n) is 16.2. The molecule has 148 valence electrons. The Morgan fingerprint density at radius 1 is 0.929 bits per heavy atom. The number of hydrogen-bond donors (Lipinski definition) is 0. The summed E-state index contributed by atoms with van der Waals surface area (Å²) in [6, 6.07) is 14.2. The summed E-state index contributed by atoms with van der Waals surface area (Å²) >= 11 is 0. The molecule has 2 aromatic carbocycles. The lowest BCUT2D eigenvalue weighted by molar-refractivity contribution is -0.123. The van der Waals surface area contributed by atoms with Crippen LogP contribution in [0.4, 0.5) is 5.69 Å². The van der Waals surface area contributed by atoms with Crippen LogP contribution in [0.5, 0.6) is 5.75 Å². The standard InChI is InChI=1S/C22H26N2O4/c1-26-20-5-2-17(3-6-20)18-4-7-21-19(14-18)15-28-16-22(25)24(21)9-8-23-10-12-27-13-11-23/h2-7,14H,8-13,15-16H2,1H3. The Kier molecular flexibility index (Phi) is 5.90. The average molecular weight is 382 g/mol. The van der Waals surface area contributed by atoms with E-state index in [-0.39, 0.29) is 12.5 Å². The zero-order valence-corrected chi connectivity index (χ0v) is 16.2. The molecule has 2 aliphatic rings. The maximum Gasteiger partial charge on any atom is 0.253 e. The van der Waals surface area contributed by atoms with Crippen molar-refractivity contribution in [2.24, 2.45) is 0 Å². The van der Waals surface area contributed by atoms with E-state index in [1.807, 2.05) is 35.2 Å². The Labute approximate surface area is 165 Å². The number of ether oxygens (including phenoxy) is 3. The van der Waals surface area contributed by atoms with Gasteiger partial charge >= 0.3 is 0 Å². The predicted molar refractivity (Wildman–Crippen MR) is 108 cm³/mol. The van der Waals surface area contributed by atoms with Crippen LogP contribution >= 0.6 is 0 Å². The Bertz CT molecular complexity index is 816. The van der Waals surface area contributed by atoms with Gasteiger partial charge in [0.2, 0.25) is 0 Å². The smallest absolute Gasteiger partial charge is 0.253 e. The first-order valence-corrected chi connectivity index (χ1v) is 9.70. The maximum atomic E-state index is 12.6. The Morgan fingerprint density at radius 3 is 2.43 bits per heavy atom. The first kappa shape index (κ1) is 18.9. The minimum Gasteiger partial charge on any atom is -0.497 e. The van der Waals surface area contributed by atoms with E-state index in [1.165, 1.54) is 0 Å². The second-order valence-corrected chi connectivity index (χ2v) is 7.06. The Hall–Kier alpha value is -2.41. The van der Waals surface area contributed by atoms with E-state index in [0.29, 0.717) is 13.2 Å². The second-order valence-electron chi connectivity index (χ2n) is 7.06. The van der Waals surface area contributed by atoms with Gasteiger partial charge in [-0.2, -0.15) is 0 Å². The van der Waals surface area contributed by atoms with Gasteiger partial charge in [-0.3, -0.25) is 9.69 Å². The molecule has 1 saturated heterocycles.